The van der Waals surface area contributed by atoms with E-state index in [-0.39, 0.29) is 70.0 Å². The Balaban J connectivity index is 0.000000273. The average Bonchev–Trinajstić information content (AvgIpc) is 1.77. The van der Waals surface area contributed by atoms with Gasteiger partial charge in [-0.1, -0.05) is 77.2 Å². The maximum atomic E-state index is 12.8. The minimum absolute atomic E-state index is 0.0223. The first kappa shape index (κ1) is 83.5. The number of halogens is 10. The Morgan fingerprint density at radius 3 is 2.08 bits per heavy atom. The van der Waals surface area contributed by atoms with Gasteiger partial charge in [0.25, 0.3) is 11.6 Å². The molecule has 37 heteroatoms. The maximum Gasteiger partial charge on any atom is 0.416 e. The molecule has 5 aromatic carbocycles. The summed E-state index contributed by atoms with van der Waals surface area (Å²) < 4.78 is 141. The minimum atomic E-state index is -4.71. The number of ketones is 1. The number of benzene rings is 5. The number of amides is 2. The molecule has 0 spiro atoms. The third kappa shape index (κ3) is 25.3. The number of hydrogen-bond acceptors (Lipinski definition) is 19. The zero-order valence-corrected chi connectivity index (χ0v) is 58.1. The second-order valence-corrected chi connectivity index (χ2v) is 26.6. The number of alkyl halides is 9. The molecule has 2 atom stereocenters. The van der Waals surface area contributed by atoms with Crippen LogP contribution in [0, 0.1) is 17.0 Å². The predicted octanol–water partition coefficient (Wildman–Crippen LogP) is 12.5. The number of aliphatic carboxylic acids is 1. The number of rotatable bonds is 22. The number of methoxy groups -OCH3 is 1. The molecule has 25 nitrogen and oxygen atoms in total. The van der Waals surface area contributed by atoms with Crippen LogP contribution >= 0.6 is 54.0 Å². The fourth-order valence-corrected chi connectivity index (χ4v) is 10.8. The molecule has 2 aliphatic rings. The molecule has 1 fully saturated rings. The van der Waals surface area contributed by atoms with Gasteiger partial charge in [-0.3, -0.25) is 39.2 Å². The number of nitrogens with zero attached hydrogens (tertiary/aromatic N) is 4. The molecule has 0 bridgehead atoms. The Hall–Kier alpha value is -7.91. The van der Waals surface area contributed by atoms with Crippen LogP contribution in [0.4, 0.5) is 43.4 Å². The minimum Gasteiger partial charge on any atom is -0.489 e. The third-order valence-electron chi connectivity index (χ3n) is 13.5. The molecule has 0 saturated heterocycles. The first-order valence-corrected chi connectivity index (χ1v) is 34.5. The molecule has 2 unspecified atom stereocenters. The number of aryl methyl sites for hydroxylation is 2. The summed E-state index contributed by atoms with van der Waals surface area (Å²) >= 11 is 22.8. The van der Waals surface area contributed by atoms with Gasteiger partial charge in [-0.05, 0) is 113 Å². The van der Waals surface area contributed by atoms with Gasteiger partial charge in [0.15, 0.2) is 32.8 Å². The van der Waals surface area contributed by atoms with Gasteiger partial charge >= 0.3 is 37.9 Å². The summed E-state index contributed by atoms with van der Waals surface area (Å²) in [7, 11) is -6.50. The average molecular weight is 1520 g/mol. The van der Waals surface area contributed by atoms with Gasteiger partial charge in [-0.25, -0.2) is 18.0 Å². The van der Waals surface area contributed by atoms with Crippen LogP contribution in [0.2, 0.25) is 5.02 Å². The van der Waals surface area contributed by atoms with Gasteiger partial charge in [-0.15, -0.1) is 11.6 Å². The number of sulfone groups is 1. The van der Waals surface area contributed by atoms with E-state index < -0.39 is 110 Å². The van der Waals surface area contributed by atoms with Gasteiger partial charge in [-0.2, -0.15) is 26.3 Å². The molecular weight excluding hydrogens is 1450 g/mol. The number of carboxylic acid groups (broad SMARTS) is 1. The van der Waals surface area contributed by atoms with E-state index >= 15 is 0 Å². The number of esters is 2. The van der Waals surface area contributed by atoms with E-state index in [1.54, 1.807) is 16.9 Å². The Morgan fingerprint density at radius 2 is 1.54 bits per heavy atom. The highest BCUT2D eigenvalue weighted by atomic mass is 35.5. The summed E-state index contributed by atoms with van der Waals surface area (Å²) in [5.41, 5.74) is 0.399. The van der Waals surface area contributed by atoms with Crippen LogP contribution in [0.5, 0.6) is 17.2 Å². The summed E-state index contributed by atoms with van der Waals surface area (Å²) in [6.45, 7) is 9.29. The summed E-state index contributed by atoms with van der Waals surface area (Å²) in [6.07, 6.45) is -5.47. The van der Waals surface area contributed by atoms with Gasteiger partial charge in [0.1, 0.15) is 35.3 Å². The third-order valence-corrected chi connectivity index (χ3v) is 16.2. The van der Waals surface area contributed by atoms with Gasteiger partial charge in [0.05, 0.1) is 87.2 Å². The fraction of sp³-hybridized carbons (Fsp3) is 0.371. The van der Waals surface area contributed by atoms with Crippen LogP contribution in [0.15, 0.2) is 113 Å². The van der Waals surface area contributed by atoms with Crippen LogP contribution < -0.4 is 24.6 Å². The van der Waals surface area contributed by atoms with Crippen molar-refractivity contribution in [1.82, 2.24) is 10.5 Å². The standard InChI is InChI=1S/C18H13ClF3NO7.C15H22ClNO2.C15H12F3NO4S.C11H11Cl2NO2.C3H8NO5P/c1-2-28-16(24)9-29-17(25)12-8-11(4-5-14(12)23(26)27)30-15-6-3-10(7-13(15)19)18(20,21)22;1-5-13-8-6-7-11(2)15(13)17(14(18)9-16)12(3)10-19-4;1-24(21,22)12-6-9(15(16,17)18)4-5-10(12)13(20)11-7-19-23-14(11)8-2-3-8;1-7-6-16-9-5-3-2-4-8(9)14(7)11(15)10(12)13;5-3(6)1-4-2-10(7,8)9/h3-8H,2,9H2,1H3;6-8,12H,5,9-10H2,1-4H3;4-8H,2-3H2,1H3;2-5,7,10H,6H2,1H3;4H,1-2H2,(H,5,6)(H2,7,8,9). The molecule has 2 heterocycles. The molecule has 8 rings (SSSR count). The number of anilines is 2. The number of aromatic nitrogens is 1. The highest BCUT2D eigenvalue weighted by Crippen LogP contribution is 2.43. The van der Waals surface area contributed by atoms with Crippen LogP contribution in [0.3, 0.4) is 0 Å². The summed E-state index contributed by atoms with van der Waals surface area (Å²) in [5.74, 6) is -3.57. The molecular formula is C62H66Cl4F6N5O20PS. The number of fused-ring (bicyclic) bond motifs is 1. The number of nitro groups is 1. The summed E-state index contributed by atoms with van der Waals surface area (Å²) in [5, 5.41) is 24.4. The Labute approximate surface area is 582 Å². The highest BCUT2D eigenvalue weighted by molar-refractivity contribution is 7.90. The van der Waals surface area contributed by atoms with Crippen LogP contribution in [0.1, 0.15) is 101 Å². The lowest BCUT2D eigenvalue weighted by atomic mass is 10.0. The normalized spacial score (nSPS) is 13.7. The van der Waals surface area contributed by atoms with E-state index in [4.69, 9.17) is 84.8 Å². The van der Waals surface area contributed by atoms with E-state index in [1.165, 1.54) is 13.1 Å². The highest BCUT2D eigenvalue weighted by Gasteiger charge is 2.38. The first-order chi connectivity index (χ1) is 46.2. The number of nitro benzene ring substituents is 1. The van der Waals surface area contributed by atoms with Gasteiger partial charge in [0, 0.05) is 37.0 Å². The van der Waals surface area contributed by atoms with E-state index in [0.29, 0.717) is 42.9 Å². The van der Waals surface area contributed by atoms with E-state index in [1.807, 2.05) is 57.2 Å². The smallest absolute Gasteiger partial charge is 0.416 e. The molecule has 1 aliphatic carbocycles. The second-order valence-electron chi connectivity index (χ2n) is 21.2. The molecule has 1 aromatic heterocycles. The number of hydrogen-bond donors (Lipinski definition) is 4. The number of para-hydroxylation sites is 3. The lowest BCUT2D eigenvalue weighted by Gasteiger charge is -2.35. The lowest BCUT2D eigenvalue weighted by molar-refractivity contribution is -0.385. The molecule has 4 N–H and O–H groups in total. The fourth-order valence-electron chi connectivity index (χ4n) is 8.96. The monoisotopic (exact) mass is 1520 g/mol. The lowest BCUT2D eigenvalue weighted by Crippen LogP contribution is -2.47. The molecule has 6 aromatic rings. The Bertz CT molecular complexity index is 4010. The van der Waals surface area contributed by atoms with Crippen molar-refractivity contribution < 1.29 is 116 Å². The molecule has 540 valence electrons. The Morgan fingerprint density at radius 1 is 0.899 bits per heavy atom. The number of carbonyl (C=O) groups is 6. The molecule has 1 aliphatic heterocycles. The van der Waals surface area contributed by atoms with Crippen LogP contribution in [-0.4, -0.2) is 144 Å². The zero-order valence-electron chi connectivity index (χ0n) is 53.4. The van der Waals surface area contributed by atoms with Crippen molar-refractivity contribution in [1.29, 1.82) is 0 Å². The second kappa shape index (κ2) is 37.5. The number of carboxylic acids is 1. The van der Waals surface area contributed by atoms with Crippen molar-refractivity contribution in [3.8, 4) is 17.2 Å². The van der Waals surface area contributed by atoms with Crippen LogP contribution in [-0.2, 0) is 66.6 Å². The van der Waals surface area contributed by atoms with Crippen molar-refractivity contribution in [3.63, 3.8) is 0 Å². The topological polar surface area (TPSA) is 348 Å². The van der Waals surface area contributed by atoms with Crippen molar-refractivity contribution in [2.75, 3.05) is 68.3 Å². The van der Waals surface area contributed by atoms with E-state index in [2.05, 4.69) is 28.2 Å². The van der Waals surface area contributed by atoms with E-state index in [9.17, 15) is 78.2 Å². The van der Waals surface area contributed by atoms with Crippen LogP contribution in [0.25, 0.3) is 0 Å². The molecule has 2 amide bonds. The predicted molar refractivity (Wildman–Crippen MR) is 350 cm³/mol. The molecule has 99 heavy (non-hydrogen) atoms. The molecule has 0 radical (unpaired) electrons. The van der Waals surface area contributed by atoms with E-state index in [0.717, 1.165) is 84.4 Å². The number of carbonyl (C=O) groups excluding carboxylic acids is 5. The Kier molecular flexibility index (Phi) is 31.6. The summed E-state index contributed by atoms with van der Waals surface area (Å²) in [4.78, 5) is 98.3. The van der Waals surface area contributed by atoms with Crippen molar-refractivity contribution in [3.05, 3.63) is 163 Å². The zero-order chi connectivity index (χ0) is 74.5. The number of ether oxygens (including phenoxy) is 5. The van der Waals surface area contributed by atoms with Crippen molar-refractivity contribution in [2.24, 2.45) is 0 Å². The first-order valence-electron chi connectivity index (χ1n) is 29.0. The van der Waals surface area contributed by atoms with Crippen molar-refractivity contribution in [2.45, 2.75) is 94.0 Å². The van der Waals surface area contributed by atoms with Crippen molar-refractivity contribution >= 4 is 116 Å². The quantitative estimate of drug-likeness (QED) is 0.00933. The largest absolute Gasteiger partial charge is 0.489 e. The SMILES string of the molecule is CC1COc2ccccc2N1C(=O)C(Cl)Cl.CCOC(=O)COC(=O)c1cc(Oc2ccc(C(F)(F)F)cc2Cl)ccc1[N+](=O)[O-].CCc1cccc(C)c1N(C(=O)CCl)C(C)COC.CS(=O)(=O)c1cc(C(F)(F)F)ccc1C(=O)c1cnoc1C1CC1.O=C(O)CNCP(=O)(O)O. The molecule has 1 saturated carbocycles. The maximum absolute atomic E-state index is 12.8. The van der Waals surface area contributed by atoms with Gasteiger partial charge in [0.2, 0.25) is 5.91 Å². The number of nitrogens with one attached hydrogen (secondary N) is 1. The van der Waals surface area contributed by atoms with Gasteiger partial charge < -0.3 is 52.9 Å². The summed E-state index contributed by atoms with van der Waals surface area (Å²) in [6, 6.07) is 20.7.